The predicted octanol–water partition coefficient (Wildman–Crippen LogP) is 0.186. The number of benzene rings is 1. The lowest BCUT2D eigenvalue weighted by molar-refractivity contribution is -0.144. The fourth-order valence-electron chi connectivity index (χ4n) is 0.962. The van der Waals surface area contributed by atoms with Crippen LogP contribution >= 0.6 is 0 Å². The molecule has 0 aliphatic rings. The van der Waals surface area contributed by atoms with E-state index in [1.165, 1.54) is 31.2 Å². The quantitative estimate of drug-likeness (QED) is 0.787. The number of carboxylic acids is 1. The van der Waals surface area contributed by atoms with Crippen LogP contribution in [0, 0.1) is 0 Å². The average Bonchev–Trinajstić information content (AvgIpc) is 2.17. The third-order valence-corrected chi connectivity index (χ3v) is 2.74. The van der Waals surface area contributed by atoms with E-state index in [0.717, 1.165) is 0 Å². The minimum Gasteiger partial charge on any atom is -0.479 e. The van der Waals surface area contributed by atoms with Gasteiger partial charge >= 0.3 is 5.97 Å². The molecule has 0 aliphatic carbocycles. The van der Waals surface area contributed by atoms with Gasteiger partial charge in [-0.1, -0.05) is 0 Å². The van der Waals surface area contributed by atoms with E-state index < -0.39 is 22.1 Å². The van der Waals surface area contributed by atoms with E-state index in [9.17, 15) is 13.2 Å². The van der Waals surface area contributed by atoms with Crippen molar-refractivity contribution in [2.45, 2.75) is 17.9 Å². The van der Waals surface area contributed by atoms with Crippen molar-refractivity contribution in [3.63, 3.8) is 0 Å². The van der Waals surface area contributed by atoms with Crippen molar-refractivity contribution in [2.75, 3.05) is 0 Å². The van der Waals surface area contributed by atoms with Crippen molar-refractivity contribution in [3.05, 3.63) is 24.3 Å². The first kappa shape index (κ1) is 12.5. The van der Waals surface area contributed by atoms with Gasteiger partial charge in [-0.3, -0.25) is 0 Å². The number of hydrogen-bond acceptors (Lipinski definition) is 4. The standard InChI is InChI=1S/C9H11NO5S/c1-6(9(11)12)15-7-2-4-8(5-3-7)16(10,13)14/h2-6H,1H3,(H,11,12)(H2,10,13,14). The Labute approximate surface area is 92.7 Å². The van der Waals surface area contributed by atoms with Gasteiger partial charge in [-0.2, -0.15) is 0 Å². The third kappa shape index (κ3) is 3.21. The maximum Gasteiger partial charge on any atom is 0.344 e. The fraction of sp³-hybridized carbons (Fsp3) is 0.222. The molecule has 1 aromatic carbocycles. The average molecular weight is 245 g/mol. The summed E-state index contributed by atoms with van der Waals surface area (Å²) in [6.45, 7) is 1.37. The first-order valence-corrected chi connectivity index (χ1v) is 5.87. The van der Waals surface area contributed by atoms with Gasteiger partial charge in [0.05, 0.1) is 4.90 Å². The van der Waals surface area contributed by atoms with E-state index >= 15 is 0 Å². The van der Waals surface area contributed by atoms with Crippen LogP contribution in [0.4, 0.5) is 0 Å². The van der Waals surface area contributed by atoms with Crippen molar-refractivity contribution in [1.82, 2.24) is 0 Å². The molecule has 1 atom stereocenters. The van der Waals surface area contributed by atoms with Gasteiger partial charge in [-0.05, 0) is 31.2 Å². The first-order valence-electron chi connectivity index (χ1n) is 4.33. The summed E-state index contributed by atoms with van der Waals surface area (Å²) in [6, 6.07) is 5.19. The number of rotatable bonds is 4. The fourth-order valence-corrected chi connectivity index (χ4v) is 1.48. The molecule has 0 spiro atoms. The number of hydrogen-bond donors (Lipinski definition) is 2. The summed E-state index contributed by atoms with van der Waals surface area (Å²) in [6.07, 6.45) is -1.000. The highest BCUT2D eigenvalue weighted by atomic mass is 32.2. The Kier molecular flexibility index (Phi) is 3.51. The van der Waals surface area contributed by atoms with Crippen molar-refractivity contribution in [2.24, 2.45) is 5.14 Å². The molecule has 0 saturated heterocycles. The highest BCUT2D eigenvalue weighted by Gasteiger charge is 2.13. The third-order valence-electron chi connectivity index (χ3n) is 1.81. The Balaban J connectivity index is 2.84. The second kappa shape index (κ2) is 4.50. The highest BCUT2D eigenvalue weighted by Crippen LogP contribution is 2.16. The molecular weight excluding hydrogens is 234 g/mol. The van der Waals surface area contributed by atoms with Gasteiger partial charge in [0.2, 0.25) is 10.0 Å². The summed E-state index contributed by atoms with van der Waals surface area (Å²) in [5.74, 6) is -0.835. The van der Waals surface area contributed by atoms with Gasteiger partial charge in [0.1, 0.15) is 5.75 Å². The summed E-state index contributed by atoms with van der Waals surface area (Å²) in [7, 11) is -3.74. The van der Waals surface area contributed by atoms with Gasteiger partial charge in [0.25, 0.3) is 0 Å². The number of sulfonamides is 1. The normalized spacial score (nSPS) is 13.1. The molecule has 0 bridgehead atoms. The maximum absolute atomic E-state index is 10.9. The van der Waals surface area contributed by atoms with Gasteiger partial charge in [-0.15, -0.1) is 0 Å². The molecule has 0 heterocycles. The zero-order valence-electron chi connectivity index (χ0n) is 8.45. The van der Waals surface area contributed by atoms with Crippen molar-refractivity contribution in [3.8, 4) is 5.75 Å². The minimum absolute atomic E-state index is 0.0529. The summed E-state index contributed by atoms with van der Waals surface area (Å²) < 4.78 is 26.8. The molecule has 1 aromatic rings. The molecule has 0 saturated carbocycles. The summed E-state index contributed by atoms with van der Waals surface area (Å²) >= 11 is 0. The molecule has 3 N–H and O–H groups in total. The number of aliphatic carboxylic acids is 1. The van der Waals surface area contributed by atoms with E-state index in [1.54, 1.807) is 0 Å². The van der Waals surface area contributed by atoms with Crippen LogP contribution in [-0.4, -0.2) is 25.6 Å². The number of carboxylic acid groups (broad SMARTS) is 1. The van der Waals surface area contributed by atoms with Gasteiger partial charge in [0.15, 0.2) is 6.10 Å². The van der Waals surface area contributed by atoms with Crippen LogP contribution in [0.3, 0.4) is 0 Å². The van der Waals surface area contributed by atoms with Gasteiger partial charge in [0, 0.05) is 0 Å². The SMILES string of the molecule is CC(Oc1ccc(S(N)(=O)=O)cc1)C(=O)O. The second-order valence-electron chi connectivity index (χ2n) is 3.11. The van der Waals surface area contributed by atoms with Crippen LogP contribution < -0.4 is 9.88 Å². The van der Waals surface area contributed by atoms with Crippen LogP contribution in [0.25, 0.3) is 0 Å². The van der Waals surface area contributed by atoms with Gasteiger partial charge in [-0.25, -0.2) is 18.4 Å². The lowest BCUT2D eigenvalue weighted by atomic mass is 10.3. The van der Waals surface area contributed by atoms with E-state index in [2.05, 4.69) is 0 Å². The number of nitrogens with two attached hydrogens (primary N) is 1. The molecule has 1 rings (SSSR count). The molecule has 0 amide bonds. The lowest BCUT2D eigenvalue weighted by Crippen LogP contribution is -2.22. The zero-order valence-corrected chi connectivity index (χ0v) is 9.27. The molecule has 1 unspecified atom stereocenters. The Morgan fingerprint density at radius 2 is 1.88 bits per heavy atom. The van der Waals surface area contributed by atoms with E-state index in [-0.39, 0.29) is 10.6 Å². The maximum atomic E-state index is 10.9. The summed E-state index contributed by atoms with van der Waals surface area (Å²) in [4.78, 5) is 10.4. The van der Waals surface area contributed by atoms with Crippen molar-refractivity contribution >= 4 is 16.0 Å². The molecule has 7 heteroatoms. The minimum atomic E-state index is -3.74. The molecule has 6 nitrogen and oxygen atoms in total. The lowest BCUT2D eigenvalue weighted by Gasteiger charge is -2.10. The smallest absolute Gasteiger partial charge is 0.344 e. The highest BCUT2D eigenvalue weighted by molar-refractivity contribution is 7.89. The first-order chi connectivity index (χ1) is 7.30. The molecule has 88 valence electrons. The summed E-state index contributed by atoms with van der Waals surface area (Å²) in [5, 5.41) is 13.5. The van der Waals surface area contributed by atoms with Crippen molar-refractivity contribution < 1.29 is 23.1 Å². The predicted molar refractivity (Wildman–Crippen MR) is 55.5 cm³/mol. The van der Waals surface area contributed by atoms with Crippen LogP contribution in [0.15, 0.2) is 29.2 Å². The van der Waals surface area contributed by atoms with E-state index in [0.29, 0.717) is 0 Å². The Bertz CT molecular complexity index is 479. The van der Waals surface area contributed by atoms with Crippen LogP contribution in [-0.2, 0) is 14.8 Å². The number of primary sulfonamides is 1. The van der Waals surface area contributed by atoms with Crippen LogP contribution in [0.2, 0.25) is 0 Å². The van der Waals surface area contributed by atoms with Crippen molar-refractivity contribution in [1.29, 1.82) is 0 Å². The topological polar surface area (TPSA) is 107 Å². The van der Waals surface area contributed by atoms with Gasteiger partial charge < -0.3 is 9.84 Å². The number of ether oxygens (including phenoxy) is 1. The number of carbonyl (C=O) groups is 1. The molecular formula is C9H11NO5S. The molecule has 16 heavy (non-hydrogen) atoms. The van der Waals surface area contributed by atoms with E-state index in [4.69, 9.17) is 15.0 Å². The molecule has 0 aromatic heterocycles. The monoisotopic (exact) mass is 245 g/mol. The van der Waals surface area contributed by atoms with E-state index in [1.807, 2.05) is 0 Å². The largest absolute Gasteiger partial charge is 0.479 e. The zero-order chi connectivity index (χ0) is 12.3. The van der Waals surface area contributed by atoms with Crippen LogP contribution in [0.1, 0.15) is 6.92 Å². The Hall–Kier alpha value is -1.60. The summed E-state index contributed by atoms with van der Waals surface area (Å²) in [5.41, 5.74) is 0. The molecule has 0 fully saturated rings. The molecule has 0 radical (unpaired) electrons. The molecule has 0 aliphatic heterocycles. The van der Waals surface area contributed by atoms with Crippen LogP contribution in [0.5, 0.6) is 5.75 Å². The Morgan fingerprint density at radius 3 is 2.25 bits per heavy atom. The second-order valence-corrected chi connectivity index (χ2v) is 4.68. The Morgan fingerprint density at radius 1 is 1.38 bits per heavy atom.